The van der Waals surface area contributed by atoms with Gasteiger partial charge in [0.2, 0.25) is 0 Å². The van der Waals surface area contributed by atoms with Crippen molar-refractivity contribution < 1.29 is 9.59 Å². The second kappa shape index (κ2) is 19.2. The van der Waals surface area contributed by atoms with Gasteiger partial charge in [0.1, 0.15) is 12.1 Å². The number of unbranched alkanes of at least 4 members (excludes halogenated alkanes) is 2. The number of allylic oxidation sites excluding steroid dienone is 2. The van der Waals surface area contributed by atoms with Crippen LogP contribution in [0.15, 0.2) is 77.6 Å². The third-order valence-corrected chi connectivity index (χ3v) is 6.59. The molecule has 1 aliphatic heterocycles. The second-order valence-corrected chi connectivity index (χ2v) is 9.72. The van der Waals surface area contributed by atoms with Crippen molar-refractivity contribution in [3.63, 3.8) is 0 Å². The van der Waals surface area contributed by atoms with Crippen LogP contribution in [0.4, 0.5) is 0 Å². The maximum Gasteiger partial charge on any atom is 0.251 e. The second-order valence-electron chi connectivity index (χ2n) is 9.72. The lowest BCUT2D eigenvalue weighted by Crippen LogP contribution is -2.37. The van der Waals surface area contributed by atoms with E-state index in [1.807, 2.05) is 62.4 Å². The molecular weight excluding hydrogens is 524 g/mol. The van der Waals surface area contributed by atoms with E-state index < -0.39 is 0 Å². The molecule has 0 aromatic heterocycles. The van der Waals surface area contributed by atoms with Gasteiger partial charge in [-0.05, 0) is 81.1 Å². The molecule has 0 aliphatic carbocycles. The largest absolute Gasteiger partial charge is 0.352 e. The number of carbonyl (C=O) groups is 2. The van der Waals surface area contributed by atoms with Gasteiger partial charge in [-0.2, -0.15) is 0 Å². The van der Waals surface area contributed by atoms with E-state index in [0.717, 1.165) is 78.0 Å². The number of hydrogen-bond acceptors (Lipinski definition) is 6. The van der Waals surface area contributed by atoms with E-state index in [1.165, 1.54) is 7.05 Å². The quantitative estimate of drug-likeness (QED) is 0.181. The molecule has 0 bridgehead atoms. The number of hydrogen-bond donors (Lipinski definition) is 4. The molecule has 2 aromatic rings. The van der Waals surface area contributed by atoms with Crippen molar-refractivity contribution in [1.29, 1.82) is 0 Å². The first-order valence-electron chi connectivity index (χ1n) is 14.9. The molecular formula is C34H48N6O2. The highest BCUT2D eigenvalue weighted by atomic mass is 16.1. The molecule has 0 saturated heterocycles. The Labute approximate surface area is 251 Å². The minimum absolute atomic E-state index is 0.0644. The minimum atomic E-state index is -0.0644. The Morgan fingerprint density at radius 3 is 2.43 bits per heavy atom. The summed E-state index contributed by atoms with van der Waals surface area (Å²) in [7, 11) is 1.50. The standard InChI is InChI=1S/C33H43N5O2.CH5N/c1-4-7-13-31-32(35-21-9-8-19-34)37-29(28-12-10-11-25(23-28)18-22-39)24-38(31)30(6-3)26-14-16-27(17-15-26)33(40)36-20-5-2;1-2/h6,10-17,22-24H,4-5,7-9,18-21,34H2,1-3H3,(H,35,37)(H,36,40);2H2,1H3/b30-6-,31-13+;. The molecule has 8 heteroatoms. The minimum Gasteiger partial charge on any atom is -0.352 e. The van der Waals surface area contributed by atoms with Crippen LogP contribution in [0.5, 0.6) is 0 Å². The third-order valence-electron chi connectivity index (χ3n) is 6.59. The first-order valence-corrected chi connectivity index (χ1v) is 14.9. The van der Waals surface area contributed by atoms with Crippen LogP contribution in [0.3, 0.4) is 0 Å². The Bertz CT molecular complexity index is 1260. The molecule has 0 saturated carbocycles. The van der Waals surface area contributed by atoms with Gasteiger partial charge in [-0.25, -0.2) is 0 Å². The van der Waals surface area contributed by atoms with Crippen molar-refractivity contribution in [3.05, 3.63) is 94.8 Å². The summed E-state index contributed by atoms with van der Waals surface area (Å²) < 4.78 is 0. The lowest BCUT2D eigenvalue weighted by molar-refractivity contribution is -0.107. The molecule has 0 spiro atoms. The number of amides is 1. The van der Waals surface area contributed by atoms with Gasteiger partial charge in [-0.15, -0.1) is 0 Å². The number of nitrogens with zero attached hydrogens (tertiary/aromatic N) is 2. The molecule has 226 valence electrons. The Hall–Kier alpha value is -4.01. The number of amidine groups is 1. The number of nitrogens with one attached hydrogen (secondary N) is 2. The first kappa shape index (κ1) is 34.2. The maximum atomic E-state index is 12.5. The lowest BCUT2D eigenvalue weighted by atomic mass is 10.0. The van der Waals surface area contributed by atoms with Crippen LogP contribution in [0.1, 0.15) is 79.9 Å². The Morgan fingerprint density at radius 2 is 1.79 bits per heavy atom. The zero-order valence-corrected chi connectivity index (χ0v) is 25.7. The van der Waals surface area contributed by atoms with Crippen LogP contribution in [0, 0.1) is 0 Å². The predicted molar refractivity (Wildman–Crippen MR) is 176 cm³/mol. The summed E-state index contributed by atoms with van der Waals surface area (Å²) in [4.78, 5) is 30.8. The number of rotatable bonds is 14. The monoisotopic (exact) mass is 572 g/mol. The zero-order valence-electron chi connectivity index (χ0n) is 25.7. The van der Waals surface area contributed by atoms with E-state index in [0.29, 0.717) is 31.6 Å². The van der Waals surface area contributed by atoms with E-state index in [-0.39, 0.29) is 5.91 Å². The zero-order chi connectivity index (χ0) is 30.7. The molecule has 8 nitrogen and oxygen atoms in total. The van der Waals surface area contributed by atoms with Crippen LogP contribution >= 0.6 is 0 Å². The molecule has 0 unspecified atom stereocenters. The Morgan fingerprint density at radius 1 is 1.05 bits per heavy atom. The third kappa shape index (κ3) is 9.82. The summed E-state index contributed by atoms with van der Waals surface area (Å²) in [6, 6.07) is 15.7. The van der Waals surface area contributed by atoms with Gasteiger partial charge in [0.15, 0.2) is 0 Å². The van der Waals surface area contributed by atoms with Gasteiger partial charge in [0, 0.05) is 37.0 Å². The van der Waals surface area contributed by atoms with E-state index >= 15 is 0 Å². The molecule has 3 rings (SSSR count). The van der Waals surface area contributed by atoms with Crippen LogP contribution in [-0.2, 0) is 11.2 Å². The van der Waals surface area contributed by atoms with Crippen molar-refractivity contribution in [3.8, 4) is 0 Å². The van der Waals surface area contributed by atoms with Crippen LogP contribution in [-0.4, -0.2) is 49.6 Å². The molecule has 0 fully saturated rings. The topological polar surface area (TPSA) is 126 Å². The van der Waals surface area contributed by atoms with Crippen molar-refractivity contribution in [2.75, 3.05) is 26.7 Å². The smallest absolute Gasteiger partial charge is 0.251 e. The fourth-order valence-corrected chi connectivity index (χ4v) is 4.47. The Kier molecular flexibility index (Phi) is 15.6. The normalized spacial score (nSPS) is 15.0. The number of benzene rings is 2. The van der Waals surface area contributed by atoms with Crippen LogP contribution in [0.25, 0.3) is 11.4 Å². The first-order chi connectivity index (χ1) is 20.6. The van der Waals surface area contributed by atoms with E-state index in [1.54, 1.807) is 0 Å². The van der Waals surface area contributed by atoms with E-state index in [9.17, 15) is 9.59 Å². The van der Waals surface area contributed by atoms with E-state index in [2.05, 4.69) is 46.5 Å². The summed E-state index contributed by atoms with van der Waals surface area (Å²) in [6.07, 6.45) is 12.3. The molecule has 0 radical (unpaired) electrons. The molecule has 1 heterocycles. The highest BCUT2D eigenvalue weighted by Gasteiger charge is 2.25. The lowest BCUT2D eigenvalue weighted by Gasteiger charge is -2.34. The molecule has 1 amide bonds. The molecule has 6 N–H and O–H groups in total. The number of carbonyl (C=O) groups excluding carboxylic acids is 2. The molecule has 1 aliphatic rings. The maximum absolute atomic E-state index is 12.5. The predicted octanol–water partition coefficient (Wildman–Crippen LogP) is 5.23. The van der Waals surface area contributed by atoms with Gasteiger partial charge < -0.3 is 31.8 Å². The van der Waals surface area contributed by atoms with Gasteiger partial charge in [-0.1, -0.05) is 62.8 Å². The average molecular weight is 573 g/mol. The number of nitrogens with two attached hydrogens (primary N) is 2. The van der Waals surface area contributed by atoms with Gasteiger partial charge in [0.05, 0.1) is 11.4 Å². The highest BCUT2D eigenvalue weighted by Crippen LogP contribution is 2.31. The van der Waals surface area contributed by atoms with Crippen molar-refractivity contribution >= 4 is 29.4 Å². The summed E-state index contributed by atoms with van der Waals surface area (Å²) in [5.74, 6) is 0.740. The number of aliphatic imine (C=N–C) groups is 1. The molecule has 2 aromatic carbocycles. The van der Waals surface area contributed by atoms with Crippen LogP contribution < -0.4 is 22.1 Å². The van der Waals surface area contributed by atoms with Crippen molar-refractivity contribution in [2.45, 2.75) is 59.3 Å². The summed E-state index contributed by atoms with van der Waals surface area (Å²) in [6.45, 7) is 8.19. The summed E-state index contributed by atoms with van der Waals surface area (Å²) >= 11 is 0. The van der Waals surface area contributed by atoms with E-state index in [4.69, 9.17) is 10.7 Å². The summed E-state index contributed by atoms with van der Waals surface area (Å²) in [5.41, 5.74) is 16.7. The fraction of sp³-hybridized carbons (Fsp3) is 0.382. The fourth-order valence-electron chi connectivity index (χ4n) is 4.47. The highest BCUT2D eigenvalue weighted by molar-refractivity contribution is 6.06. The van der Waals surface area contributed by atoms with Crippen molar-refractivity contribution in [1.82, 2.24) is 15.5 Å². The number of aldehydes is 1. The van der Waals surface area contributed by atoms with Gasteiger partial charge in [-0.3, -0.25) is 9.79 Å². The average Bonchev–Trinajstić information content (AvgIpc) is 3.03. The van der Waals surface area contributed by atoms with Gasteiger partial charge >= 0.3 is 0 Å². The van der Waals surface area contributed by atoms with Crippen molar-refractivity contribution in [2.24, 2.45) is 16.5 Å². The Balaban J connectivity index is 0.00000301. The van der Waals surface area contributed by atoms with Crippen LogP contribution in [0.2, 0.25) is 0 Å². The summed E-state index contributed by atoms with van der Waals surface area (Å²) in [5, 5.41) is 6.52. The SMILES string of the molecule is C/C=C(/c1ccc(C(=O)NCCC)cc1)N1C=C(c2cccc(CC=O)c2)NC(=NCCCCN)/C1=C\CCC.CN. The van der Waals surface area contributed by atoms with Gasteiger partial charge in [0.25, 0.3) is 5.91 Å². The molecule has 0 atom stereocenters. The molecule has 42 heavy (non-hydrogen) atoms.